The molecule has 0 heterocycles. The van der Waals surface area contributed by atoms with E-state index < -0.39 is 11.9 Å². The number of ether oxygens (including phenoxy) is 1. The number of hydrogen-bond acceptors (Lipinski definition) is 4. The number of nitrogens with zero attached hydrogens (tertiary/aromatic N) is 1. The molecule has 0 radical (unpaired) electrons. The van der Waals surface area contributed by atoms with Crippen molar-refractivity contribution in [2.24, 2.45) is 0 Å². The van der Waals surface area contributed by atoms with Crippen LogP contribution in [-0.4, -0.2) is 11.8 Å². The molecule has 3 aromatic carbocycles. The van der Waals surface area contributed by atoms with E-state index in [9.17, 15) is 14.9 Å². The Labute approximate surface area is 175 Å². The van der Waals surface area contributed by atoms with Gasteiger partial charge in [0.1, 0.15) is 18.4 Å². The van der Waals surface area contributed by atoms with Crippen molar-refractivity contribution >= 4 is 17.5 Å². The molecule has 0 aromatic heterocycles. The van der Waals surface area contributed by atoms with Gasteiger partial charge in [0, 0.05) is 18.2 Å². The highest BCUT2D eigenvalue weighted by Gasteiger charge is 2.16. The first-order chi connectivity index (χ1) is 14.5. The predicted octanol–water partition coefficient (Wildman–Crippen LogP) is 4.22. The summed E-state index contributed by atoms with van der Waals surface area (Å²) in [6.07, 6.45) is 0. The predicted molar refractivity (Wildman–Crippen MR) is 114 cm³/mol. The fourth-order valence-electron chi connectivity index (χ4n) is 2.84. The van der Waals surface area contributed by atoms with Gasteiger partial charge in [0.15, 0.2) is 0 Å². The summed E-state index contributed by atoms with van der Waals surface area (Å²) in [7, 11) is 0. The van der Waals surface area contributed by atoms with Crippen LogP contribution in [0.15, 0.2) is 78.9 Å². The quantitative estimate of drug-likeness (QED) is 0.622. The van der Waals surface area contributed by atoms with Crippen LogP contribution < -0.4 is 15.4 Å². The number of nitrogens with one attached hydrogen (secondary N) is 2. The molecule has 6 nitrogen and oxygen atoms in total. The van der Waals surface area contributed by atoms with Crippen molar-refractivity contribution in [3.05, 3.63) is 95.6 Å². The Balaban J connectivity index is 1.63. The van der Waals surface area contributed by atoms with Crippen molar-refractivity contribution in [2.75, 3.05) is 5.32 Å². The van der Waals surface area contributed by atoms with Crippen LogP contribution in [0.25, 0.3) is 0 Å². The van der Waals surface area contributed by atoms with E-state index in [1.807, 2.05) is 30.3 Å². The van der Waals surface area contributed by atoms with Crippen molar-refractivity contribution in [1.82, 2.24) is 5.32 Å². The number of rotatable bonds is 7. The van der Waals surface area contributed by atoms with Crippen molar-refractivity contribution in [3.63, 3.8) is 0 Å². The van der Waals surface area contributed by atoms with Gasteiger partial charge in [-0.05, 0) is 41.5 Å². The molecule has 0 saturated heterocycles. The van der Waals surface area contributed by atoms with Gasteiger partial charge in [-0.3, -0.25) is 9.59 Å². The molecule has 0 bridgehead atoms. The molecule has 150 valence electrons. The van der Waals surface area contributed by atoms with Crippen LogP contribution in [-0.2, 0) is 11.4 Å². The highest BCUT2D eigenvalue weighted by atomic mass is 16.5. The maximum atomic E-state index is 12.6. The van der Waals surface area contributed by atoms with Gasteiger partial charge in [-0.2, -0.15) is 5.26 Å². The third kappa shape index (κ3) is 5.69. The zero-order valence-electron chi connectivity index (χ0n) is 16.5. The van der Waals surface area contributed by atoms with Crippen molar-refractivity contribution in [1.29, 1.82) is 5.26 Å². The molecule has 3 aromatic rings. The third-order valence-corrected chi connectivity index (χ3v) is 4.31. The molecule has 0 saturated carbocycles. The van der Waals surface area contributed by atoms with E-state index in [1.165, 1.54) is 6.92 Å². The SMILES string of the molecule is CC(=O)Nc1cccc(C(=O)NC(C#N)c2ccc(OCc3ccccc3)cc2)c1. The molecular formula is C24H21N3O3. The molecule has 0 spiro atoms. The second-order valence-electron chi connectivity index (χ2n) is 6.64. The minimum atomic E-state index is -0.815. The Hall–Kier alpha value is -4.11. The fourth-order valence-corrected chi connectivity index (χ4v) is 2.84. The van der Waals surface area contributed by atoms with Crippen molar-refractivity contribution in [2.45, 2.75) is 19.6 Å². The van der Waals surface area contributed by atoms with E-state index in [0.29, 0.717) is 29.2 Å². The fraction of sp³-hybridized carbons (Fsp3) is 0.125. The molecule has 1 atom stereocenters. The molecule has 0 aliphatic rings. The molecule has 30 heavy (non-hydrogen) atoms. The number of nitriles is 1. The molecule has 6 heteroatoms. The highest BCUT2D eigenvalue weighted by Crippen LogP contribution is 2.20. The summed E-state index contributed by atoms with van der Waals surface area (Å²) in [6.45, 7) is 1.84. The molecule has 1 unspecified atom stereocenters. The Morgan fingerprint density at radius 2 is 1.73 bits per heavy atom. The van der Waals surface area contributed by atoms with Gasteiger partial charge in [0.25, 0.3) is 5.91 Å². The number of carbonyl (C=O) groups is 2. The summed E-state index contributed by atoms with van der Waals surface area (Å²) >= 11 is 0. The molecular weight excluding hydrogens is 378 g/mol. The zero-order chi connectivity index (χ0) is 21.3. The minimum Gasteiger partial charge on any atom is -0.489 e. The summed E-state index contributed by atoms with van der Waals surface area (Å²) in [6, 6.07) is 24.7. The summed E-state index contributed by atoms with van der Waals surface area (Å²) < 4.78 is 5.75. The van der Waals surface area contributed by atoms with E-state index in [-0.39, 0.29) is 5.91 Å². The van der Waals surface area contributed by atoms with E-state index in [0.717, 1.165) is 5.56 Å². The Morgan fingerprint density at radius 1 is 1.00 bits per heavy atom. The smallest absolute Gasteiger partial charge is 0.252 e. The monoisotopic (exact) mass is 399 g/mol. The maximum absolute atomic E-state index is 12.6. The van der Waals surface area contributed by atoms with Crippen molar-refractivity contribution in [3.8, 4) is 11.8 Å². The first-order valence-corrected chi connectivity index (χ1v) is 9.40. The first kappa shape index (κ1) is 20.6. The molecule has 0 fully saturated rings. The van der Waals surface area contributed by atoms with Gasteiger partial charge in [-0.25, -0.2) is 0 Å². The topological polar surface area (TPSA) is 91.2 Å². The van der Waals surface area contributed by atoms with Crippen LogP contribution in [0.4, 0.5) is 5.69 Å². The Morgan fingerprint density at radius 3 is 2.40 bits per heavy atom. The molecule has 2 amide bonds. The average Bonchev–Trinajstić information content (AvgIpc) is 2.77. The lowest BCUT2D eigenvalue weighted by atomic mass is 10.1. The lowest BCUT2D eigenvalue weighted by Gasteiger charge is -2.14. The summed E-state index contributed by atoms with van der Waals surface area (Å²) in [5.74, 6) is 0.0452. The average molecular weight is 399 g/mol. The van der Waals surface area contributed by atoms with E-state index in [4.69, 9.17) is 4.74 Å². The van der Waals surface area contributed by atoms with Crippen LogP contribution in [0.2, 0.25) is 0 Å². The largest absolute Gasteiger partial charge is 0.489 e. The number of hydrogen-bond donors (Lipinski definition) is 2. The second kappa shape index (κ2) is 9.89. The molecule has 0 aliphatic heterocycles. The Kier molecular flexibility index (Phi) is 6.80. The minimum absolute atomic E-state index is 0.225. The van der Waals surface area contributed by atoms with E-state index >= 15 is 0 Å². The zero-order valence-corrected chi connectivity index (χ0v) is 16.5. The number of benzene rings is 3. The summed E-state index contributed by atoms with van der Waals surface area (Å²) in [5.41, 5.74) is 2.58. The highest BCUT2D eigenvalue weighted by molar-refractivity contribution is 5.97. The normalized spacial score (nSPS) is 11.1. The molecule has 2 N–H and O–H groups in total. The maximum Gasteiger partial charge on any atom is 0.252 e. The Bertz CT molecular complexity index is 1060. The number of amides is 2. The lowest BCUT2D eigenvalue weighted by molar-refractivity contribution is -0.114. The van der Waals surface area contributed by atoms with Crippen LogP contribution in [0.1, 0.15) is 34.5 Å². The van der Waals surface area contributed by atoms with Gasteiger partial charge >= 0.3 is 0 Å². The second-order valence-corrected chi connectivity index (χ2v) is 6.64. The van der Waals surface area contributed by atoms with Gasteiger partial charge in [0.2, 0.25) is 5.91 Å². The van der Waals surface area contributed by atoms with E-state index in [2.05, 4.69) is 16.7 Å². The summed E-state index contributed by atoms with van der Waals surface area (Å²) in [4.78, 5) is 23.7. The van der Waals surface area contributed by atoms with Crippen LogP contribution in [0.5, 0.6) is 5.75 Å². The number of anilines is 1. The van der Waals surface area contributed by atoms with Gasteiger partial charge < -0.3 is 15.4 Å². The third-order valence-electron chi connectivity index (χ3n) is 4.31. The van der Waals surface area contributed by atoms with Crippen LogP contribution >= 0.6 is 0 Å². The standard InChI is InChI=1S/C24H21N3O3/c1-17(28)26-21-9-5-8-20(14-21)24(29)27-23(15-25)19-10-12-22(13-11-19)30-16-18-6-3-2-4-7-18/h2-14,23H,16H2,1H3,(H,26,28)(H,27,29). The lowest BCUT2D eigenvalue weighted by Crippen LogP contribution is -2.27. The van der Waals surface area contributed by atoms with Gasteiger partial charge in [-0.15, -0.1) is 0 Å². The molecule has 3 rings (SSSR count). The van der Waals surface area contributed by atoms with Gasteiger partial charge in [-0.1, -0.05) is 48.5 Å². The van der Waals surface area contributed by atoms with Crippen LogP contribution in [0.3, 0.4) is 0 Å². The van der Waals surface area contributed by atoms with Gasteiger partial charge in [0.05, 0.1) is 6.07 Å². The first-order valence-electron chi connectivity index (χ1n) is 9.40. The van der Waals surface area contributed by atoms with Crippen molar-refractivity contribution < 1.29 is 14.3 Å². The number of carbonyl (C=O) groups excluding carboxylic acids is 2. The summed E-state index contributed by atoms with van der Waals surface area (Å²) in [5, 5.41) is 14.9. The van der Waals surface area contributed by atoms with Crippen LogP contribution in [0, 0.1) is 11.3 Å². The van der Waals surface area contributed by atoms with E-state index in [1.54, 1.807) is 48.5 Å². The molecule has 0 aliphatic carbocycles.